The molecule has 4 rings (SSSR count). The Hall–Kier alpha value is -2.18. The summed E-state index contributed by atoms with van der Waals surface area (Å²) in [4.78, 5) is 4.54. The maximum Gasteiger partial charge on any atom is 0.278 e. The van der Waals surface area contributed by atoms with Crippen molar-refractivity contribution in [1.29, 1.82) is 0 Å². The zero-order valence-electron chi connectivity index (χ0n) is 15.3. The molecule has 0 bridgehead atoms. The van der Waals surface area contributed by atoms with E-state index in [0.717, 1.165) is 16.8 Å². The van der Waals surface area contributed by atoms with Gasteiger partial charge in [-0.15, -0.1) is 12.4 Å². The van der Waals surface area contributed by atoms with Crippen LogP contribution in [-0.2, 0) is 12.1 Å². The molecule has 0 saturated heterocycles. The molecule has 3 aromatic rings. The Labute approximate surface area is 159 Å². The first-order valence-corrected chi connectivity index (χ1v) is 8.69. The second-order valence-electron chi connectivity index (χ2n) is 7.64. The van der Waals surface area contributed by atoms with Crippen molar-refractivity contribution < 1.29 is 4.52 Å². The predicted molar refractivity (Wildman–Crippen MR) is 103 cm³/mol. The summed E-state index contributed by atoms with van der Waals surface area (Å²) in [5, 5.41) is 8.86. The number of halogens is 1. The summed E-state index contributed by atoms with van der Waals surface area (Å²) in [7, 11) is 0. The first-order chi connectivity index (χ1) is 12.0. The van der Waals surface area contributed by atoms with E-state index in [1.54, 1.807) is 0 Å². The van der Waals surface area contributed by atoms with Crippen LogP contribution in [0.25, 0.3) is 23.0 Å². The highest BCUT2D eigenvalue weighted by molar-refractivity contribution is 5.85. The molecule has 2 N–H and O–H groups in total. The lowest BCUT2D eigenvalue weighted by Crippen LogP contribution is -2.25. The van der Waals surface area contributed by atoms with E-state index >= 15 is 0 Å². The number of hydrogen-bond donors (Lipinski definition) is 1. The van der Waals surface area contributed by atoms with E-state index < -0.39 is 0 Å². The minimum Gasteiger partial charge on any atom is -0.332 e. The van der Waals surface area contributed by atoms with Gasteiger partial charge in [0, 0.05) is 23.7 Å². The molecule has 0 spiro atoms. The Bertz CT molecular complexity index is 888. The maximum absolute atomic E-state index is 5.64. The molecule has 2 aromatic heterocycles. The molecule has 1 aromatic carbocycles. The fourth-order valence-electron chi connectivity index (χ4n) is 2.94. The minimum absolute atomic E-state index is 0. The van der Waals surface area contributed by atoms with E-state index in [1.807, 2.05) is 24.3 Å². The average Bonchev–Trinajstić information content (AvgIpc) is 3.14. The van der Waals surface area contributed by atoms with Gasteiger partial charge in [0.1, 0.15) is 0 Å². The molecule has 6 nitrogen and oxygen atoms in total. The summed E-state index contributed by atoms with van der Waals surface area (Å²) >= 11 is 0. The summed E-state index contributed by atoms with van der Waals surface area (Å²) in [5.41, 5.74) is 9.55. The highest BCUT2D eigenvalue weighted by Gasteiger charge is 2.32. The molecule has 0 aliphatic heterocycles. The molecule has 0 atom stereocenters. The third-order valence-corrected chi connectivity index (χ3v) is 4.46. The van der Waals surface area contributed by atoms with Gasteiger partial charge in [-0.2, -0.15) is 10.1 Å². The van der Waals surface area contributed by atoms with Crippen LogP contribution in [0.2, 0.25) is 0 Å². The molecule has 1 aliphatic rings. The van der Waals surface area contributed by atoms with Gasteiger partial charge < -0.3 is 10.3 Å². The van der Waals surface area contributed by atoms with E-state index in [2.05, 4.69) is 41.7 Å². The maximum atomic E-state index is 5.64. The van der Waals surface area contributed by atoms with Gasteiger partial charge in [-0.25, -0.2) is 0 Å². The SMILES string of the molecule is CC(C)(C)n1nc(-c2nc(-c3ccc(CN)cc3)no2)cc1C1CC1.Cl. The van der Waals surface area contributed by atoms with E-state index in [0.29, 0.717) is 24.2 Å². The molecule has 0 amide bonds. The lowest BCUT2D eigenvalue weighted by Gasteiger charge is -2.22. The quantitative estimate of drug-likeness (QED) is 0.743. The number of hydrogen-bond acceptors (Lipinski definition) is 5. The van der Waals surface area contributed by atoms with E-state index in [9.17, 15) is 0 Å². The standard InChI is InChI=1S/C19H23N5O.ClH/c1-19(2,3)24-16(13-8-9-13)10-15(22-24)18-21-17(23-25-18)14-6-4-12(11-20)5-7-14;/h4-7,10,13H,8-9,11,20H2,1-3H3;1H. The third kappa shape index (κ3) is 3.52. The molecule has 1 fully saturated rings. The van der Waals surface area contributed by atoms with Crippen molar-refractivity contribution in [2.24, 2.45) is 5.73 Å². The Morgan fingerprint density at radius 1 is 1.19 bits per heavy atom. The second kappa shape index (κ2) is 6.85. The van der Waals surface area contributed by atoms with Crippen LogP contribution < -0.4 is 5.73 Å². The fraction of sp³-hybridized carbons (Fsp3) is 0.421. The van der Waals surface area contributed by atoms with Crippen molar-refractivity contribution in [3.8, 4) is 23.0 Å². The van der Waals surface area contributed by atoms with Crippen molar-refractivity contribution in [2.75, 3.05) is 0 Å². The minimum atomic E-state index is -0.0723. The lowest BCUT2D eigenvalue weighted by molar-refractivity contribution is 0.343. The van der Waals surface area contributed by atoms with Crippen LogP contribution in [0.4, 0.5) is 0 Å². The third-order valence-electron chi connectivity index (χ3n) is 4.46. The molecule has 26 heavy (non-hydrogen) atoms. The Morgan fingerprint density at radius 2 is 1.88 bits per heavy atom. The van der Waals surface area contributed by atoms with Gasteiger partial charge >= 0.3 is 0 Å². The topological polar surface area (TPSA) is 82.8 Å². The van der Waals surface area contributed by atoms with Crippen molar-refractivity contribution in [1.82, 2.24) is 19.9 Å². The van der Waals surface area contributed by atoms with Gasteiger partial charge in [0.25, 0.3) is 5.89 Å². The first kappa shape index (κ1) is 18.6. The van der Waals surface area contributed by atoms with Crippen LogP contribution in [0.3, 0.4) is 0 Å². The molecular weight excluding hydrogens is 350 g/mol. The van der Waals surface area contributed by atoms with Crippen molar-refractivity contribution in [3.05, 3.63) is 41.6 Å². The second-order valence-corrected chi connectivity index (χ2v) is 7.64. The van der Waals surface area contributed by atoms with E-state index in [-0.39, 0.29) is 17.9 Å². The number of aromatic nitrogens is 4. The van der Waals surface area contributed by atoms with Gasteiger partial charge in [0.2, 0.25) is 5.82 Å². The monoisotopic (exact) mass is 373 g/mol. The summed E-state index contributed by atoms with van der Waals surface area (Å²) in [6.45, 7) is 7.00. The van der Waals surface area contributed by atoms with Crippen LogP contribution in [0.5, 0.6) is 0 Å². The first-order valence-electron chi connectivity index (χ1n) is 8.69. The van der Waals surface area contributed by atoms with Crippen LogP contribution in [-0.4, -0.2) is 19.9 Å². The summed E-state index contributed by atoms with van der Waals surface area (Å²) in [5.74, 6) is 1.63. The lowest BCUT2D eigenvalue weighted by atomic mass is 10.1. The molecule has 1 aliphatic carbocycles. The fourth-order valence-corrected chi connectivity index (χ4v) is 2.94. The highest BCUT2D eigenvalue weighted by atomic mass is 35.5. The van der Waals surface area contributed by atoms with Crippen molar-refractivity contribution >= 4 is 12.4 Å². The number of rotatable bonds is 4. The average molecular weight is 374 g/mol. The molecule has 0 unspecified atom stereocenters. The van der Waals surface area contributed by atoms with Crippen molar-refractivity contribution in [2.45, 2.75) is 51.6 Å². The van der Waals surface area contributed by atoms with Crippen LogP contribution >= 0.6 is 12.4 Å². The molecule has 1 saturated carbocycles. The van der Waals surface area contributed by atoms with Gasteiger partial charge in [-0.3, -0.25) is 4.68 Å². The van der Waals surface area contributed by atoms with Crippen LogP contribution in [0.1, 0.15) is 50.8 Å². The van der Waals surface area contributed by atoms with Gasteiger partial charge in [0.05, 0.1) is 5.54 Å². The molecule has 2 heterocycles. The molecular formula is C19H24ClN5O. The zero-order valence-corrected chi connectivity index (χ0v) is 16.1. The Balaban J connectivity index is 0.00000196. The molecule has 7 heteroatoms. The van der Waals surface area contributed by atoms with Crippen molar-refractivity contribution in [3.63, 3.8) is 0 Å². The van der Waals surface area contributed by atoms with Gasteiger partial charge in [0.15, 0.2) is 5.69 Å². The Morgan fingerprint density at radius 3 is 2.46 bits per heavy atom. The predicted octanol–water partition coefficient (Wildman–Crippen LogP) is 4.11. The summed E-state index contributed by atoms with van der Waals surface area (Å²) in [6, 6.07) is 9.97. The van der Waals surface area contributed by atoms with Gasteiger partial charge in [-0.1, -0.05) is 29.4 Å². The normalized spacial score (nSPS) is 14.3. The summed E-state index contributed by atoms with van der Waals surface area (Å²) < 4.78 is 7.58. The number of nitrogens with zero attached hydrogens (tertiary/aromatic N) is 4. The summed E-state index contributed by atoms with van der Waals surface area (Å²) in [6.07, 6.45) is 2.45. The highest BCUT2D eigenvalue weighted by Crippen LogP contribution is 2.42. The van der Waals surface area contributed by atoms with Crippen LogP contribution in [0.15, 0.2) is 34.9 Å². The number of benzene rings is 1. The number of nitrogens with two attached hydrogens (primary N) is 1. The molecule has 138 valence electrons. The largest absolute Gasteiger partial charge is 0.332 e. The van der Waals surface area contributed by atoms with Crippen LogP contribution in [0, 0.1) is 0 Å². The smallest absolute Gasteiger partial charge is 0.278 e. The van der Waals surface area contributed by atoms with E-state index in [1.165, 1.54) is 18.5 Å². The Kier molecular flexibility index (Phi) is 4.90. The van der Waals surface area contributed by atoms with E-state index in [4.69, 9.17) is 15.4 Å². The van der Waals surface area contributed by atoms with Gasteiger partial charge in [-0.05, 0) is 45.2 Å². The molecule has 0 radical (unpaired) electrons. The zero-order chi connectivity index (χ0) is 17.6.